The van der Waals surface area contributed by atoms with E-state index in [9.17, 15) is 20.4 Å². The highest BCUT2D eigenvalue weighted by Crippen LogP contribution is 2.36. The molecule has 0 aliphatic carbocycles. The van der Waals surface area contributed by atoms with Crippen LogP contribution in [0.25, 0.3) is 43.1 Å². The summed E-state index contributed by atoms with van der Waals surface area (Å²) < 4.78 is 0. The van der Waals surface area contributed by atoms with E-state index in [0.717, 1.165) is 21.5 Å². The maximum Gasteiger partial charge on any atom is 0.158 e. The lowest BCUT2D eigenvalue weighted by Gasteiger charge is -2.06. The van der Waals surface area contributed by atoms with Crippen molar-refractivity contribution < 1.29 is 20.4 Å². The van der Waals surface area contributed by atoms with Gasteiger partial charge < -0.3 is 20.4 Å². The predicted octanol–water partition coefficient (Wildman–Crippen LogP) is 6.81. The fourth-order valence-electron chi connectivity index (χ4n) is 3.94. The summed E-state index contributed by atoms with van der Waals surface area (Å²) in [6, 6.07) is 30.8. The lowest BCUT2D eigenvalue weighted by molar-refractivity contribution is 0.404. The van der Waals surface area contributed by atoms with Crippen LogP contribution in [-0.4, -0.2) is 20.4 Å². The monoisotopic (exact) mass is 420 g/mol. The predicted molar refractivity (Wildman–Crippen MR) is 130 cm³/mol. The molecule has 156 valence electrons. The highest BCUT2D eigenvalue weighted by molar-refractivity contribution is 6.00. The second-order valence-corrected chi connectivity index (χ2v) is 7.77. The summed E-state index contributed by atoms with van der Waals surface area (Å²) in [6.45, 7) is 0. The quantitative estimate of drug-likeness (QED) is 0.161. The van der Waals surface area contributed by atoms with Crippen molar-refractivity contribution in [1.82, 2.24) is 0 Å². The maximum absolute atomic E-state index is 9.45. The average molecular weight is 420 g/mol. The van der Waals surface area contributed by atoms with E-state index in [1.165, 1.54) is 45.8 Å². The third-order valence-electron chi connectivity index (χ3n) is 5.60. The molecule has 0 aliphatic rings. The van der Waals surface area contributed by atoms with Crippen LogP contribution in [0.2, 0.25) is 0 Å². The second kappa shape index (κ2) is 7.67. The van der Waals surface area contributed by atoms with Crippen LogP contribution in [0.4, 0.5) is 0 Å². The molecule has 0 unspecified atom stereocenters. The number of fused-ring (bicyclic) bond motifs is 4. The van der Waals surface area contributed by atoms with Gasteiger partial charge in [-0.1, -0.05) is 48.5 Å². The standard InChI is InChI=1S/C14H10O4.C14H10/c15-11-3-7-1-8-4-12(16)14(18)6-10(8)2-9(7)5-13(11)17;1-2-6-12-10-14-8-4-3-7-13(14)9-11(12)5-1/h1-6,15-18H;1-10H. The maximum atomic E-state index is 9.45. The van der Waals surface area contributed by atoms with Crippen LogP contribution in [-0.2, 0) is 0 Å². The molecule has 32 heavy (non-hydrogen) atoms. The van der Waals surface area contributed by atoms with E-state index < -0.39 is 0 Å². The summed E-state index contributed by atoms with van der Waals surface area (Å²) in [6.07, 6.45) is 0. The smallest absolute Gasteiger partial charge is 0.158 e. The van der Waals surface area contributed by atoms with E-state index in [-0.39, 0.29) is 23.0 Å². The summed E-state index contributed by atoms with van der Waals surface area (Å²) in [5.41, 5.74) is 0. The Labute approximate surface area is 183 Å². The molecule has 4 N–H and O–H groups in total. The third-order valence-corrected chi connectivity index (χ3v) is 5.60. The van der Waals surface area contributed by atoms with Gasteiger partial charge in [-0.25, -0.2) is 0 Å². The first-order valence-corrected chi connectivity index (χ1v) is 10.2. The molecular weight excluding hydrogens is 400 g/mol. The van der Waals surface area contributed by atoms with Gasteiger partial charge in [-0.05, 0) is 91.6 Å². The Balaban J connectivity index is 0.000000139. The first kappa shape index (κ1) is 19.5. The fraction of sp³-hybridized carbons (Fsp3) is 0. The highest BCUT2D eigenvalue weighted by Gasteiger charge is 2.07. The zero-order chi connectivity index (χ0) is 22.2. The van der Waals surface area contributed by atoms with Gasteiger partial charge >= 0.3 is 0 Å². The normalized spacial score (nSPS) is 11.0. The minimum Gasteiger partial charge on any atom is -0.504 e. The minimum absolute atomic E-state index is 0.190. The Kier molecular flexibility index (Phi) is 4.68. The molecule has 4 heteroatoms. The van der Waals surface area contributed by atoms with Gasteiger partial charge in [0, 0.05) is 0 Å². The van der Waals surface area contributed by atoms with E-state index >= 15 is 0 Å². The van der Waals surface area contributed by atoms with Crippen LogP contribution >= 0.6 is 0 Å². The number of hydrogen-bond donors (Lipinski definition) is 4. The zero-order valence-electron chi connectivity index (χ0n) is 17.0. The van der Waals surface area contributed by atoms with Crippen molar-refractivity contribution in [1.29, 1.82) is 0 Å². The molecule has 0 saturated heterocycles. The van der Waals surface area contributed by atoms with Crippen molar-refractivity contribution in [2.45, 2.75) is 0 Å². The fourth-order valence-corrected chi connectivity index (χ4v) is 3.94. The van der Waals surface area contributed by atoms with Gasteiger partial charge in [0.2, 0.25) is 0 Å². The first-order valence-electron chi connectivity index (χ1n) is 10.2. The Morgan fingerprint density at radius 1 is 0.281 bits per heavy atom. The third kappa shape index (κ3) is 3.59. The van der Waals surface area contributed by atoms with Gasteiger partial charge in [-0.2, -0.15) is 0 Å². The molecule has 0 amide bonds. The van der Waals surface area contributed by atoms with Crippen molar-refractivity contribution in [3.8, 4) is 23.0 Å². The summed E-state index contributed by atoms with van der Waals surface area (Å²) >= 11 is 0. The van der Waals surface area contributed by atoms with Crippen molar-refractivity contribution in [2.75, 3.05) is 0 Å². The number of hydrogen-bond acceptors (Lipinski definition) is 4. The Morgan fingerprint density at radius 2 is 0.500 bits per heavy atom. The van der Waals surface area contributed by atoms with Crippen molar-refractivity contribution in [2.24, 2.45) is 0 Å². The van der Waals surface area contributed by atoms with Crippen molar-refractivity contribution >= 4 is 43.1 Å². The largest absolute Gasteiger partial charge is 0.504 e. The number of phenols is 4. The Bertz CT molecular complexity index is 1390. The van der Waals surface area contributed by atoms with Crippen molar-refractivity contribution in [3.05, 3.63) is 97.1 Å². The first-order chi connectivity index (χ1) is 15.5. The lowest BCUT2D eigenvalue weighted by atomic mass is 10.0. The Hall–Kier alpha value is -4.44. The topological polar surface area (TPSA) is 80.9 Å². The molecule has 0 heterocycles. The summed E-state index contributed by atoms with van der Waals surface area (Å²) in [5.74, 6) is -0.760. The van der Waals surface area contributed by atoms with Crippen LogP contribution in [0.1, 0.15) is 0 Å². The van der Waals surface area contributed by atoms with Gasteiger partial charge in [0.1, 0.15) is 0 Å². The van der Waals surface area contributed by atoms with E-state index in [1.54, 1.807) is 12.1 Å². The summed E-state index contributed by atoms with van der Waals surface area (Å²) in [4.78, 5) is 0. The van der Waals surface area contributed by atoms with Crippen LogP contribution in [0, 0.1) is 0 Å². The average Bonchev–Trinajstić information content (AvgIpc) is 2.79. The van der Waals surface area contributed by atoms with Crippen LogP contribution in [0.3, 0.4) is 0 Å². The van der Waals surface area contributed by atoms with Crippen LogP contribution in [0.5, 0.6) is 23.0 Å². The van der Waals surface area contributed by atoms with Gasteiger partial charge in [-0.3, -0.25) is 0 Å². The van der Waals surface area contributed by atoms with Crippen molar-refractivity contribution in [3.63, 3.8) is 0 Å². The zero-order valence-corrected chi connectivity index (χ0v) is 17.0. The molecule has 0 radical (unpaired) electrons. The minimum atomic E-state index is -0.190. The van der Waals surface area contributed by atoms with E-state index in [1.807, 2.05) is 0 Å². The van der Waals surface area contributed by atoms with Gasteiger partial charge in [0.15, 0.2) is 23.0 Å². The van der Waals surface area contributed by atoms with E-state index in [2.05, 4.69) is 60.7 Å². The summed E-state index contributed by atoms with van der Waals surface area (Å²) in [5, 5.41) is 46.0. The molecule has 0 atom stereocenters. The lowest BCUT2D eigenvalue weighted by Crippen LogP contribution is -1.78. The molecule has 0 saturated carbocycles. The molecule has 6 aromatic carbocycles. The molecule has 0 bridgehead atoms. The number of phenolic OH excluding ortho intramolecular Hbond substituents is 4. The number of rotatable bonds is 0. The molecule has 6 aromatic rings. The molecule has 4 nitrogen and oxygen atoms in total. The number of aromatic hydroxyl groups is 4. The number of benzene rings is 6. The Morgan fingerprint density at radius 3 is 0.750 bits per heavy atom. The van der Waals surface area contributed by atoms with Gasteiger partial charge in [0.25, 0.3) is 0 Å². The second-order valence-electron chi connectivity index (χ2n) is 7.77. The molecule has 0 fully saturated rings. The SMILES string of the molecule is Oc1cc2cc3cc(O)c(O)cc3cc2cc1O.c1ccc2cc3ccccc3cc2c1. The van der Waals surface area contributed by atoms with Crippen LogP contribution < -0.4 is 0 Å². The molecule has 0 aliphatic heterocycles. The molecule has 6 rings (SSSR count). The van der Waals surface area contributed by atoms with E-state index in [0.29, 0.717) is 0 Å². The summed E-state index contributed by atoms with van der Waals surface area (Å²) in [7, 11) is 0. The molecule has 0 spiro atoms. The van der Waals surface area contributed by atoms with Gasteiger partial charge in [-0.15, -0.1) is 0 Å². The van der Waals surface area contributed by atoms with E-state index in [4.69, 9.17) is 0 Å². The van der Waals surface area contributed by atoms with Crippen LogP contribution in [0.15, 0.2) is 97.1 Å². The molecular formula is C28H20O4. The molecule has 0 aromatic heterocycles. The highest BCUT2D eigenvalue weighted by atomic mass is 16.3. The van der Waals surface area contributed by atoms with Gasteiger partial charge in [0.05, 0.1) is 0 Å².